The fourth-order valence-corrected chi connectivity index (χ4v) is 3.28. The van der Waals surface area contributed by atoms with E-state index in [9.17, 15) is 0 Å². The highest BCUT2D eigenvalue weighted by molar-refractivity contribution is 5.60. The lowest BCUT2D eigenvalue weighted by molar-refractivity contribution is -0.931. The number of hydrogen-bond donors (Lipinski definition) is 1. The van der Waals surface area contributed by atoms with E-state index in [0.29, 0.717) is 0 Å². The molecule has 0 radical (unpaired) electrons. The minimum absolute atomic E-state index is 0.972. The molecule has 0 bridgehead atoms. The zero-order chi connectivity index (χ0) is 15.9. The summed E-state index contributed by atoms with van der Waals surface area (Å²) in [4.78, 5) is 10.8. The monoisotopic (exact) mass is 299 g/mol. The van der Waals surface area contributed by atoms with Gasteiger partial charge in [0.15, 0.2) is 0 Å². The van der Waals surface area contributed by atoms with Crippen LogP contribution in [-0.2, 0) is 4.79 Å². The van der Waals surface area contributed by atoms with Gasteiger partial charge in [-0.05, 0) is 45.4 Å². The van der Waals surface area contributed by atoms with Gasteiger partial charge in [-0.3, -0.25) is 0 Å². The van der Waals surface area contributed by atoms with Gasteiger partial charge in [-0.2, -0.15) is 0 Å². The van der Waals surface area contributed by atoms with Crippen molar-refractivity contribution in [2.45, 2.75) is 97.4 Å². The number of aliphatic carboxylic acids is 1. The second-order valence-electron chi connectivity index (χ2n) is 6.37. The first-order valence-corrected chi connectivity index (χ1v) is 9.13. The molecule has 1 aliphatic rings. The Hall–Kier alpha value is -0.570. The number of carbonyl (C=O) groups is 1. The molecule has 1 heterocycles. The maximum Gasteiger partial charge on any atom is 0.0872 e. The number of hydrogen-bond acceptors (Lipinski definition) is 2. The molecule has 2 unspecified atom stereocenters. The molecule has 0 amide bonds. The van der Waals surface area contributed by atoms with Gasteiger partial charge in [-0.25, -0.2) is 0 Å². The Bertz CT molecular complexity index is 239. The summed E-state index contributed by atoms with van der Waals surface area (Å²) in [6, 6.07) is 0.990. The summed E-state index contributed by atoms with van der Waals surface area (Å²) in [7, 11) is 0. The summed E-state index contributed by atoms with van der Waals surface area (Å²) >= 11 is 0. The molecule has 2 atom stereocenters. The van der Waals surface area contributed by atoms with E-state index >= 15 is 0 Å². The molecular formula is C18H37NO2. The van der Waals surface area contributed by atoms with Crippen molar-refractivity contribution in [3.63, 3.8) is 0 Å². The fraction of sp³-hybridized carbons (Fsp3) is 0.944. The van der Waals surface area contributed by atoms with Gasteiger partial charge in [0.25, 0.3) is 0 Å². The number of carboxylic acids is 1. The minimum Gasteiger partial charge on any atom is -0.550 e. The molecule has 126 valence electrons. The maximum atomic E-state index is 8.89. The third-order valence-electron chi connectivity index (χ3n) is 4.47. The van der Waals surface area contributed by atoms with Crippen LogP contribution < -0.4 is 10.0 Å². The van der Waals surface area contributed by atoms with Crippen LogP contribution in [0.4, 0.5) is 0 Å². The predicted octanol–water partition coefficient (Wildman–Crippen LogP) is 2.34. The SMILES string of the molecule is CC(=O)[O-].CCCCCCCCC[NH+]1CCCCC1CC. The lowest BCUT2D eigenvalue weighted by Gasteiger charge is -2.32. The van der Waals surface area contributed by atoms with E-state index in [2.05, 4.69) is 13.8 Å². The Balaban J connectivity index is 0.000000885. The van der Waals surface area contributed by atoms with Crippen LogP contribution in [0.25, 0.3) is 0 Å². The van der Waals surface area contributed by atoms with E-state index in [1.165, 1.54) is 83.7 Å². The zero-order valence-electron chi connectivity index (χ0n) is 14.6. The first kappa shape index (κ1) is 20.4. The van der Waals surface area contributed by atoms with Gasteiger partial charge < -0.3 is 14.8 Å². The Morgan fingerprint density at radius 2 is 1.62 bits per heavy atom. The van der Waals surface area contributed by atoms with Crippen LogP contribution in [0.5, 0.6) is 0 Å². The van der Waals surface area contributed by atoms with Crippen LogP contribution in [-0.4, -0.2) is 25.1 Å². The van der Waals surface area contributed by atoms with Crippen LogP contribution >= 0.6 is 0 Å². The highest BCUT2D eigenvalue weighted by atomic mass is 16.4. The Kier molecular flexibility index (Phi) is 14.0. The van der Waals surface area contributed by atoms with Crippen molar-refractivity contribution in [3.8, 4) is 0 Å². The average molecular weight is 299 g/mol. The third-order valence-corrected chi connectivity index (χ3v) is 4.47. The van der Waals surface area contributed by atoms with E-state index in [-0.39, 0.29) is 0 Å². The molecule has 1 saturated heterocycles. The highest BCUT2D eigenvalue weighted by Crippen LogP contribution is 2.08. The first-order chi connectivity index (χ1) is 10.1. The second kappa shape index (κ2) is 14.4. The first-order valence-electron chi connectivity index (χ1n) is 9.13. The average Bonchev–Trinajstić information content (AvgIpc) is 2.46. The fourth-order valence-electron chi connectivity index (χ4n) is 3.28. The second-order valence-corrected chi connectivity index (χ2v) is 6.37. The number of carboxylic acid groups (broad SMARTS) is 1. The molecule has 0 aliphatic carbocycles. The summed E-state index contributed by atoms with van der Waals surface area (Å²) < 4.78 is 0. The summed E-state index contributed by atoms with van der Waals surface area (Å²) in [5.74, 6) is -1.08. The molecule has 1 rings (SSSR count). The van der Waals surface area contributed by atoms with Gasteiger partial charge >= 0.3 is 0 Å². The smallest absolute Gasteiger partial charge is 0.0872 e. The number of nitrogens with one attached hydrogen (secondary N) is 1. The van der Waals surface area contributed by atoms with Crippen molar-refractivity contribution in [2.24, 2.45) is 0 Å². The van der Waals surface area contributed by atoms with Gasteiger partial charge in [0, 0.05) is 5.97 Å². The molecule has 3 heteroatoms. The molecule has 1 aliphatic heterocycles. The topological polar surface area (TPSA) is 44.6 Å². The lowest BCUT2D eigenvalue weighted by Crippen LogP contribution is -3.16. The van der Waals surface area contributed by atoms with Gasteiger partial charge in [0.05, 0.1) is 19.1 Å². The van der Waals surface area contributed by atoms with Crippen molar-refractivity contribution in [1.29, 1.82) is 0 Å². The summed E-state index contributed by atoms with van der Waals surface area (Å²) in [6.07, 6.45) is 16.0. The molecule has 1 fully saturated rings. The van der Waals surface area contributed by atoms with Crippen LogP contribution in [0, 0.1) is 0 Å². The zero-order valence-corrected chi connectivity index (χ0v) is 14.6. The number of unbranched alkanes of at least 4 members (excludes halogenated alkanes) is 6. The molecule has 1 N–H and O–H groups in total. The summed E-state index contributed by atoms with van der Waals surface area (Å²) in [6.45, 7) is 8.55. The standard InChI is InChI=1S/C16H33N.C2H4O2/c1-3-5-6-7-8-9-11-14-17-15-12-10-13-16(17)4-2;1-2(3)4/h16H,3-15H2,1-2H3;1H3,(H,3,4). The van der Waals surface area contributed by atoms with E-state index < -0.39 is 5.97 Å². The highest BCUT2D eigenvalue weighted by Gasteiger charge is 2.23. The normalized spacial score (nSPS) is 21.5. The molecule has 0 saturated carbocycles. The van der Waals surface area contributed by atoms with Crippen molar-refractivity contribution in [2.75, 3.05) is 13.1 Å². The van der Waals surface area contributed by atoms with Crippen molar-refractivity contribution < 1.29 is 14.8 Å². The maximum absolute atomic E-state index is 8.89. The van der Waals surface area contributed by atoms with Crippen molar-refractivity contribution in [3.05, 3.63) is 0 Å². The van der Waals surface area contributed by atoms with Gasteiger partial charge in [0.1, 0.15) is 0 Å². The van der Waals surface area contributed by atoms with Crippen LogP contribution in [0.3, 0.4) is 0 Å². The van der Waals surface area contributed by atoms with E-state index in [1.807, 2.05) is 4.90 Å². The number of carbonyl (C=O) groups excluding carboxylic acids is 1. The lowest BCUT2D eigenvalue weighted by atomic mass is 9.99. The van der Waals surface area contributed by atoms with Crippen molar-refractivity contribution in [1.82, 2.24) is 0 Å². The quantitative estimate of drug-likeness (QED) is 0.664. The van der Waals surface area contributed by atoms with Gasteiger partial charge in [0.2, 0.25) is 0 Å². The Morgan fingerprint density at radius 3 is 2.19 bits per heavy atom. The Labute approximate surface area is 132 Å². The molecule has 0 aromatic rings. The van der Waals surface area contributed by atoms with E-state index in [0.717, 1.165) is 13.0 Å². The largest absolute Gasteiger partial charge is 0.550 e. The molecule has 0 spiro atoms. The molecule has 21 heavy (non-hydrogen) atoms. The molecular weight excluding hydrogens is 262 g/mol. The number of rotatable bonds is 9. The van der Waals surface area contributed by atoms with Crippen LogP contribution in [0.1, 0.15) is 91.4 Å². The predicted molar refractivity (Wildman–Crippen MR) is 87.3 cm³/mol. The number of piperidine rings is 1. The van der Waals surface area contributed by atoms with Crippen LogP contribution in [0.15, 0.2) is 0 Å². The number of quaternary nitrogens is 1. The molecule has 0 aromatic carbocycles. The Morgan fingerprint density at radius 1 is 1.05 bits per heavy atom. The number of likely N-dealkylation sites (tertiary alicyclic amines) is 1. The van der Waals surface area contributed by atoms with Gasteiger partial charge in [-0.1, -0.05) is 46.0 Å². The van der Waals surface area contributed by atoms with E-state index in [4.69, 9.17) is 9.90 Å². The van der Waals surface area contributed by atoms with Crippen molar-refractivity contribution >= 4 is 5.97 Å². The third kappa shape index (κ3) is 12.9. The summed E-state index contributed by atoms with van der Waals surface area (Å²) in [5.41, 5.74) is 0. The molecule has 3 nitrogen and oxygen atoms in total. The van der Waals surface area contributed by atoms with Gasteiger partial charge in [-0.15, -0.1) is 0 Å². The van der Waals surface area contributed by atoms with Crippen LogP contribution in [0.2, 0.25) is 0 Å². The minimum atomic E-state index is -1.08. The van der Waals surface area contributed by atoms with E-state index in [1.54, 1.807) is 0 Å². The summed E-state index contributed by atoms with van der Waals surface area (Å²) in [5, 5.41) is 8.89. The molecule has 0 aromatic heterocycles.